The van der Waals surface area contributed by atoms with Gasteiger partial charge >= 0.3 is 7.68 Å². The fraction of sp³-hybridized carbons (Fsp3) is 0.405. The van der Waals surface area contributed by atoms with E-state index in [-0.39, 0.29) is 35.6 Å². The lowest BCUT2D eigenvalue weighted by atomic mass is 9.85. The summed E-state index contributed by atoms with van der Waals surface area (Å²) in [5, 5.41) is 0. The van der Waals surface area contributed by atoms with E-state index < -0.39 is 46.9 Å². The van der Waals surface area contributed by atoms with Crippen molar-refractivity contribution in [1.82, 2.24) is 0 Å². The number of sulfone groups is 1. The molecule has 1 fully saturated rings. The molecule has 0 spiro atoms. The molecule has 1 aliphatic rings. The molecule has 55 heavy (non-hydrogen) atoms. The van der Waals surface area contributed by atoms with Crippen molar-refractivity contribution in [2.45, 2.75) is 75.1 Å². The fourth-order valence-corrected chi connectivity index (χ4v) is 9.06. The van der Waals surface area contributed by atoms with Crippen LogP contribution in [0.25, 0.3) is 0 Å². The summed E-state index contributed by atoms with van der Waals surface area (Å²) in [6.07, 6.45) is 1.24. The quantitative estimate of drug-likeness (QED) is 0.0795. The van der Waals surface area contributed by atoms with Crippen molar-refractivity contribution < 1.29 is 50.8 Å². The highest BCUT2D eigenvalue weighted by Gasteiger charge is 2.38. The summed E-state index contributed by atoms with van der Waals surface area (Å²) in [5.74, 6) is 0.224. The maximum absolute atomic E-state index is 14.1. The van der Waals surface area contributed by atoms with E-state index in [9.17, 15) is 22.3 Å². The first-order chi connectivity index (χ1) is 26.4. The molecule has 2 atom stereocenters. The maximum atomic E-state index is 14.1. The zero-order valence-corrected chi connectivity index (χ0v) is 33.7. The highest BCUT2D eigenvalue weighted by Crippen LogP contribution is 2.49. The van der Waals surface area contributed by atoms with Crippen LogP contribution in [0.4, 0.5) is 0 Å². The van der Waals surface area contributed by atoms with Crippen LogP contribution in [0.15, 0.2) is 89.8 Å². The molecule has 0 aliphatic carbocycles. The number of Topliss-reactive ketones (excluding diaryl/α,β-unsaturated/α-hetero) is 1. The molecule has 1 saturated heterocycles. The van der Waals surface area contributed by atoms with Gasteiger partial charge in [-0.25, -0.2) is 17.5 Å². The average Bonchev–Trinajstić information content (AvgIpc) is 3.67. The number of methoxy groups -OCH3 is 3. The Kier molecular flexibility index (Phi) is 14.2. The zero-order chi connectivity index (χ0) is 39.6. The average molecular weight is 793 g/mol. The summed E-state index contributed by atoms with van der Waals surface area (Å²) in [7, 11) is -2.41. The lowest BCUT2D eigenvalue weighted by Gasteiger charge is -2.36. The van der Waals surface area contributed by atoms with Crippen molar-refractivity contribution >= 4 is 23.3 Å². The molecular formula is C42H49O11PS. The lowest BCUT2D eigenvalue weighted by molar-refractivity contribution is -0.114. The Morgan fingerprint density at radius 3 is 1.78 bits per heavy atom. The number of rotatable bonds is 20. The molecule has 1 aliphatic heterocycles. The summed E-state index contributed by atoms with van der Waals surface area (Å²) in [5.41, 5.74) is 1.95. The van der Waals surface area contributed by atoms with Gasteiger partial charge in [0.2, 0.25) is 5.75 Å². The van der Waals surface area contributed by atoms with Crippen LogP contribution in [0.5, 0.6) is 28.7 Å². The van der Waals surface area contributed by atoms with Crippen LogP contribution in [-0.2, 0) is 41.3 Å². The summed E-state index contributed by atoms with van der Waals surface area (Å²) in [4.78, 5) is 12.2. The highest BCUT2D eigenvalue weighted by molar-refractivity contribution is 7.92. The third-order valence-electron chi connectivity index (χ3n) is 9.49. The molecule has 0 unspecified atom stereocenters. The van der Waals surface area contributed by atoms with Crippen LogP contribution in [0.1, 0.15) is 74.0 Å². The predicted molar refractivity (Wildman–Crippen MR) is 208 cm³/mol. The predicted octanol–water partition coefficient (Wildman–Crippen LogP) is 8.62. The van der Waals surface area contributed by atoms with E-state index >= 15 is 0 Å². The minimum Gasteiger partial charge on any atom is -0.493 e. The van der Waals surface area contributed by atoms with Gasteiger partial charge in [0.1, 0.15) is 22.0 Å². The molecule has 0 saturated carbocycles. The number of ketones is 1. The Morgan fingerprint density at radius 1 is 0.782 bits per heavy atom. The van der Waals surface area contributed by atoms with Crippen LogP contribution in [0.2, 0.25) is 0 Å². The Labute approximate surface area is 324 Å². The van der Waals surface area contributed by atoms with Gasteiger partial charge in [-0.15, -0.1) is 0 Å². The van der Waals surface area contributed by atoms with Crippen LogP contribution in [0, 0.1) is 0 Å². The molecule has 5 rings (SSSR count). The van der Waals surface area contributed by atoms with Crippen molar-refractivity contribution in [2.24, 2.45) is 0 Å². The molecule has 4 aromatic rings. The van der Waals surface area contributed by atoms with Crippen LogP contribution < -0.4 is 23.7 Å². The molecule has 0 radical (unpaired) electrons. The van der Waals surface area contributed by atoms with Crippen LogP contribution in [-0.4, -0.2) is 59.7 Å². The van der Waals surface area contributed by atoms with E-state index in [1.165, 1.54) is 34.3 Å². The SMILES string of the molecule is CCCOc1c(OC(CCP(=O)=O)(Cc2ccccc2)Cc2ccccc2)cc([C@@H]2CC[C@@H](c3cc(OC)c(OC)c(OC)c3)O2)cc1S(=O)(=O)CC(C)=O. The third-order valence-corrected chi connectivity index (χ3v) is 11.8. The molecule has 1 heterocycles. The summed E-state index contributed by atoms with van der Waals surface area (Å²) in [6.45, 7) is 3.29. The minimum absolute atomic E-state index is 0.0250. The highest BCUT2D eigenvalue weighted by atomic mass is 32.2. The van der Waals surface area contributed by atoms with E-state index in [0.717, 1.165) is 16.7 Å². The number of hydrogen-bond acceptors (Lipinski definition) is 11. The first kappa shape index (κ1) is 41.5. The van der Waals surface area contributed by atoms with Gasteiger partial charge in [0.15, 0.2) is 32.8 Å². The van der Waals surface area contributed by atoms with Gasteiger partial charge in [0.05, 0.1) is 46.3 Å². The van der Waals surface area contributed by atoms with Crippen molar-refractivity contribution in [1.29, 1.82) is 0 Å². The first-order valence-corrected chi connectivity index (χ1v) is 21.3. The van der Waals surface area contributed by atoms with E-state index in [1.54, 1.807) is 6.07 Å². The Bertz CT molecular complexity index is 2030. The summed E-state index contributed by atoms with van der Waals surface area (Å²) in [6, 6.07) is 26.1. The largest absolute Gasteiger partial charge is 0.493 e. The van der Waals surface area contributed by atoms with Crippen LogP contribution in [0.3, 0.4) is 0 Å². The van der Waals surface area contributed by atoms with Gasteiger partial charge < -0.3 is 28.4 Å². The molecule has 13 heteroatoms. The first-order valence-electron chi connectivity index (χ1n) is 18.3. The van der Waals surface area contributed by atoms with Crippen LogP contribution >= 0.6 is 7.68 Å². The maximum Gasteiger partial charge on any atom is 0.315 e. The molecular weight excluding hydrogens is 743 g/mol. The second-order valence-corrected chi connectivity index (χ2v) is 16.8. The monoisotopic (exact) mass is 792 g/mol. The number of benzene rings is 4. The fourth-order valence-electron chi connectivity index (χ4n) is 7.02. The second kappa shape index (κ2) is 18.8. The second-order valence-electron chi connectivity index (χ2n) is 13.7. The molecule has 0 bridgehead atoms. The Hall–Kier alpha value is -4.64. The summed E-state index contributed by atoms with van der Waals surface area (Å²) >= 11 is 0. The number of hydrogen-bond donors (Lipinski definition) is 0. The van der Waals surface area contributed by atoms with Gasteiger partial charge in [-0.05, 0) is 72.7 Å². The number of carbonyl (C=O) groups excluding carboxylic acids is 1. The minimum atomic E-state index is -4.24. The number of ether oxygens (including phenoxy) is 6. The van der Waals surface area contributed by atoms with Gasteiger partial charge in [0, 0.05) is 19.3 Å². The van der Waals surface area contributed by atoms with Gasteiger partial charge in [-0.1, -0.05) is 67.6 Å². The molecule has 0 amide bonds. The standard InChI is InChI=1S/C42H49O11PS/c1-6-20-51-41-38(53-42(19-21-54(44)45,26-30-13-9-7-10-14-30)27-31-15-11-8-12-16-31)24-33(25-39(41)55(46,47)28-29(2)43)35-18-17-34(52-35)32-22-36(48-3)40(50-5)37(23-32)49-4/h7-16,22-25,34-35H,6,17-21,26-28H2,1-5H3/t34-,35-/m0/s1. The summed E-state index contributed by atoms with van der Waals surface area (Å²) < 4.78 is 89.2. The van der Waals surface area contributed by atoms with Crippen molar-refractivity contribution in [3.63, 3.8) is 0 Å². The topological polar surface area (TPSA) is 141 Å². The van der Waals surface area contributed by atoms with E-state index in [1.807, 2.05) is 79.7 Å². The lowest BCUT2D eigenvalue weighted by Crippen LogP contribution is -2.42. The molecule has 4 aromatic carbocycles. The Balaban J connectivity index is 1.68. The van der Waals surface area contributed by atoms with E-state index in [4.69, 9.17) is 28.4 Å². The van der Waals surface area contributed by atoms with Gasteiger partial charge in [-0.2, -0.15) is 0 Å². The number of carbonyl (C=O) groups is 1. The van der Waals surface area contributed by atoms with E-state index in [0.29, 0.717) is 54.9 Å². The Morgan fingerprint density at radius 2 is 1.31 bits per heavy atom. The zero-order valence-electron chi connectivity index (χ0n) is 31.9. The van der Waals surface area contributed by atoms with Gasteiger partial charge in [-0.3, -0.25) is 4.79 Å². The smallest absolute Gasteiger partial charge is 0.315 e. The van der Waals surface area contributed by atoms with Crippen molar-refractivity contribution in [3.05, 3.63) is 107 Å². The van der Waals surface area contributed by atoms with Gasteiger partial charge in [0.25, 0.3) is 0 Å². The molecule has 294 valence electrons. The van der Waals surface area contributed by atoms with Crippen molar-refractivity contribution in [3.8, 4) is 28.7 Å². The van der Waals surface area contributed by atoms with Crippen molar-refractivity contribution in [2.75, 3.05) is 39.9 Å². The molecule has 0 N–H and O–H groups in total. The molecule has 0 aromatic heterocycles. The molecule has 11 nitrogen and oxygen atoms in total. The third kappa shape index (κ3) is 10.6. The normalized spacial score (nSPS) is 15.7. The van der Waals surface area contributed by atoms with E-state index in [2.05, 4.69) is 0 Å².